The molecule has 8 heteroatoms. The van der Waals surface area contributed by atoms with E-state index >= 15 is 0 Å². The van der Waals surface area contributed by atoms with Crippen molar-refractivity contribution in [3.63, 3.8) is 0 Å². The van der Waals surface area contributed by atoms with Gasteiger partial charge in [-0.3, -0.25) is 0 Å². The van der Waals surface area contributed by atoms with Crippen LogP contribution in [0.5, 0.6) is 0 Å². The Morgan fingerprint density at radius 2 is 2.11 bits per heavy atom. The van der Waals surface area contributed by atoms with E-state index in [1.165, 1.54) is 29.5 Å². The number of fused-ring (bicyclic) bond motifs is 1. The maximum atomic E-state index is 12.9. The van der Waals surface area contributed by atoms with Gasteiger partial charge in [0.15, 0.2) is 5.13 Å². The molecule has 2 nitrogen and oxygen atoms in total. The predicted molar refractivity (Wildman–Crippen MR) is 66.6 cm³/mol. The van der Waals surface area contributed by atoms with Crippen LogP contribution in [0.4, 0.5) is 22.7 Å². The summed E-state index contributed by atoms with van der Waals surface area (Å²) in [6.45, 7) is 0.159. The van der Waals surface area contributed by atoms with Crippen LogP contribution in [-0.4, -0.2) is 22.8 Å². The van der Waals surface area contributed by atoms with Crippen molar-refractivity contribution in [2.45, 2.75) is 5.51 Å². The van der Waals surface area contributed by atoms with E-state index in [1.807, 2.05) is 0 Å². The van der Waals surface area contributed by atoms with E-state index in [9.17, 15) is 17.6 Å². The van der Waals surface area contributed by atoms with Gasteiger partial charge in [0.1, 0.15) is 5.82 Å². The number of benzene rings is 1. The molecule has 2 rings (SSSR count). The standard InChI is InChI=1S/C10H8F4N2S2/c11-6-1-2-7-8(5-6)18-9(16-7)15-3-4-17-10(12,13)14/h1-2,5H,3-4H2,(H,15,16). The van der Waals surface area contributed by atoms with Gasteiger partial charge < -0.3 is 5.32 Å². The number of hydrogen-bond donors (Lipinski definition) is 1. The fourth-order valence-electron chi connectivity index (χ4n) is 1.30. The van der Waals surface area contributed by atoms with Crippen LogP contribution in [0.15, 0.2) is 18.2 Å². The van der Waals surface area contributed by atoms with Crippen molar-refractivity contribution in [1.29, 1.82) is 0 Å². The highest BCUT2D eigenvalue weighted by Gasteiger charge is 2.27. The van der Waals surface area contributed by atoms with Crippen molar-refractivity contribution in [3.8, 4) is 0 Å². The third-order valence-electron chi connectivity index (χ3n) is 1.99. The molecule has 0 fully saturated rings. The van der Waals surface area contributed by atoms with Gasteiger partial charge in [-0.15, -0.1) is 0 Å². The minimum Gasteiger partial charge on any atom is -0.361 e. The summed E-state index contributed by atoms with van der Waals surface area (Å²) in [5.74, 6) is -0.446. The van der Waals surface area contributed by atoms with Gasteiger partial charge in [-0.25, -0.2) is 9.37 Å². The highest BCUT2D eigenvalue weighted by Crippen LogP contribution is 2.30. The lowest BCUT2D eigenvalue weighted by Crippen LogP contribution is -2.09. The summed E-state index contributed by atoms with van der Waals surface area (Å²) in [7, 11) is 0. The van der Waals surface area contributed by atoms with E-state index < -0.39 is 5.51 Å². The summed E-state index contributed by atoms with van der Waals surface area (Å²) in [5.41, 5.74) is -3.58. The Bertz CT molecular complexity index is 538. The van der Waals surface area contributed by atoms with Gasteiger partial charge in [0.25, 0.3) is 0 Å². The molecule has 0 aliphatic rings. The van der Waals surface area contributed by atoms with Crippen molar-refractivity contribution in [2.75, 3.05) is 17.6 Å². The number of alkyl halides is 3. The van der Waals surface area contributed by atoms with Gasteiger partial charge in [0.05, 0.1) is 10.2 Å². The highest BCUT2D eigenvalue weighted by atomic mass is 32.2. The molecule has 0 saturated heterocycles. The van der Waals surface area contributed by atoms with Crippen molar-refractivity contribution in [3.05, 3.63) is 24.0 Å². The topological polar surface area (TPSA) is 24.9 Å². The number of rotatable bonds is 4. The first-order valence-corrected chi connectivity index (χ1v) is 6.75. The van der Waals surface area contributed by atoms with E-state index in [4.69, 9.17) is 0 Å². The maximum absolute atomic E-state index is 12.9. The zero-order valence-corrected chi connectivity index (χ0v) is 10.6. The number of thioether (sulfide) groups is 1. The zero-order chi connectivity index (χ0) is 13.2. The molecule has 98 valence electrons. The molecule has 0 aliphatic carbocycles. The fraction of sp³-hybridized carbons (Fsp3) is 0.300. The third kappa shape index (κ3) is 3.74. The first-order chi connectivity index (χ1) is 8.44. The Labute approximate surface area is 108 Å². The summed E-state index contributed by atoms with van der Waals surface area (Å²) < 4.78 is 49.2. The minimum absolute atomic E-state index is 0.0835. The molecule has 0 radical (unpaired) electrons. The molecule has 0 amide bonds. The molecule has 1 N–H and O–H groups in total. The van der Waals surface area contributed by atoms with Gasteiger partial charge in [0, 0.05) is 12.3 Å². The van der Waals surface area contributed by atoms with E-state index in [2.05, 4.69) is 10.3 Å². The molecule has 0 aliphatic heterocycles. The normalized spacial score (nSPS) is 12.0. The van der Waals surface area contributed by atoms with Crippen LogP contribution in [0.2, 0.25) is 0 Å². The molecule has 0 atom stereocenters. The van der Waals surface area contributed by atoms with Crippen LogP contribution in [0, 0.1) is 5.82 Å². The molecular formula is C10H8F4N2S2. The van der Waals surface area contributed by atoms with Crippen LogP contribution < -0.4 is 5.32 Å². The second kappa shape index (κ2) is 5.31. The average molecular weight is 296 g/mol. The first kappa shape index (κ1) is 13.4. The van der Waals surface area contributed by atoms with E-state index in [1.54, 1.807) is 0 Å². The van der Waals surface area contributed by atoms with E-state index in [0.29, 0.717) is 15.3 Å². The summed E-state index contributed by atoms with van der Waals surface area (Å²) in [4.78, 5) is 4.14. The molecule has 0 spiro atoms. The van der Waals surface area contributed by atoms with Crippen LogP contribution in [-0.2, 0) is 0 Å². The Morgan fingerprint density at radius 3 is 2.83 bits per heavy atom. The molecule has 0 bridgehead atoms. The largest absolute Gasteiger partial charge is 0.441 e. The molecule has 2 aromatic rings. The second-order valence-electron chi connectivity index (χ2n) is 3.35. The lowest BCUT2D eigenvalue weighted by molar-refractivity contribution is -0.0327. The lowest BCUT2D eigenvalue weighted by atomic mass is 10.3. The quantitative estimate of drug-likeness (QED) is 0.679. The molecule has 0 saturated carbocycles. The number of anilines is 1. The van der Waals surface area contributed by atoms with Crippen LogP contribution in [0.25, 0.3) is 10.2 Å². The van der Waals surface area contributed by atoms with Gasteiger partial charge in [-0.2, -0.15) is 13.2 Å². The van der Waals surface area contributed by atoms with Crippen LogP contribution in [0.3, 0.4) is 0 Å². The number of nitrogens with one attached hydrogen (secondary N) is 1. The summed E-state index contributed by atoms with van der Waals surface area (Å²) >= 11 is 1.13. The minimum atomic E-state index is -4.21. The third-order valence-corrected chi connectivity index (χ3v) is 3.71. The number of aromatic nitrogens is 1. The second-order valence-corrected chi connectivity index (χ2v) is 5.54. The Kier molecular flexibility index (Phi) is 3.96. The predicted octanol–water partition coefficient (Wildman–Crippen LogP) is 4.10. The SMILES string of the molecule is Fc1ccc2nc(NCCSC(F)(F)F)sc2c1. The summed E-state index contributed by atoms with van der Waals surface area (Å²) in [6.07, 6.45) is 0. The lowest BCUT2D eigenvalue weighted by Gasteiger charge is -2.05. The molecule has 18 heavy (non-hydrogen) atoms. The van der Waals surface area contributed by atoms with Gasteiger partial charge in [0.2, 0.25) is 0 Å². The molecule has 1 aromatic heterocycles. The van der Waals surface area contributed by atoms with Crippen molar-refractivity contribution >= 4 is 38.4 Å². The van der Waals surface area contributed by atoms with Gasteiger partial charge in [-0.05, 0) is 30.0 Å². The van der Waals surface area contributed by atoms with Crippen LogP contribution in [0.1, 0.15) is 0 Å². The average Bonchev–Trinajstić information content (AvgIpc) is 2.65. The van der Waals surface area contributed by atoms with Gasteiger partial charge >= 0.3 is 5.51 Å². The number of thiazole rings is 1. The molecule has 1 aromatic carbocycles. The van der Waals surface area contributed by atoms with Crippen molar-refractivity contribution in [1.82, 2.24) is 4.98 Å². The monoisotopic (exact) mass is 296 g/mol. The van der Waals surface area contributed by atoms with Gasteiger partial charge in [-0.1, -0.05) is 11.3 Å². The number of halogens is 4. The fourth-order valence-corrected chi connectivity index (χ4v) is 2.65. The Morgan fingerprint density at radius 1 is 1.33 bits per heavy atom. The molecular weight excluding hydrogens is 288 g/mol. The smallest absolute Gasteiger partial charge is 0.361 e. The molecule has 0 unspecified atom stereocenters. The van der Waals surface area contributed by atoms with E-state index in [0.717, 1.165) is 0 Å². The Balaban J connectivity index is 1.92. The van der Waals surface area contributed by atoms with Crippen LogP contribution >= 0.6 is 23.1 Å². The Hall–Kier alpha value is -1.02. The first-order valence-electron chi connectivity index (χ1n) is 4.95. The highest BCUT2D eigenvalue weighted by molar-refractivity contribution is 8.00. The van der Waals surface area contributed by atoms with E-state index in [-0.39, 0.29) is 29.9 Å². The van der Waals surface area contributed by atoms with Crippen molar-refractivity contribution in [2.24, 2.45) is 0 Å². The number of hydrogen-bond acceptors (Lipinski definition) is 4. The molecule has 1 heterocycles. The maximum Gasteiger partial charge on any atom is 0.441 e. The number of nitrogens with zero attached hydrogens (tertiary/aromatic N) is 1. The zero-order valence-electron chi connectivity index (χ0n) is 8.92. The van der Waals surface area contributed by atoms with Crippen molar-refractivity contribution < 1.29 is 17.6 Å². The summed E-state index contributed by atoms with van der Waals surface area (Å²) in [5, 5.41) is 3.29. The summed E-state index contributed by atoms with van der Waals surface area (Å²) in [6, 6.07) is 4.19.